The third-order valence-electron chi connectivity index (χ3n) is 2.98. The third-order valence-corrected chi connectivity index (χ3v) is 3.75. The molecule has 0 atom stereocenters. The van der Waals surface area contributed by atoms with Crippen LogP contribution in [0.15, 0.2) is 40.9 Å². The van der Waals surface area contributed by atoms with Crippen LogP contribution in [0.3, 0.4) is 0 Å². The second kappa shape index (κ2) is 6.11. The summed E-state index contributed by atoms with van der Waals surface area (Å²) in [7, 11) is 1.67. The summed E-state index contributed by atoms with van der Waals surface area (Å²) in [6.07, 6.45) is 0. The van der Waals surface area contributed by atoms with Gasteiger partial charge in [0.15, 0.2) is 0 Å². The van der Waals surface area contributed by atoms with Crippen LogP contribution >= 0.6 is 15.9 Å². The van der Waals surface area contributed by atoms with Crippen LogP contribution in [0.2, 0.25) is 0 Å². The number of hydrogen-bond acceptors (Lipinski definition) is 2. The minimum Gasteiger partial charge on any atom is -0.497 e. The van der Waals surface area contributed by atoms with Crippen molar-refractivity contribution in [2.75, 3.05) is 7.11 Å². The first-order valence-corrected chi connectivity index (χ1v) is 6.92. The third kappa shape index (κ3) is 3.51. The summed E-state index contributed by atoms with van der Waals surface area (Å²) in [5.74, 6) is 1.76. The smallest absolute Gasteiger partial charge is 0.122 e. The average Bonchev–Trinajstić information content (AvgIpc) is 2.41. The maximum atomic E-state index is 5.90. The number of halogens is 1. The fourth-order valence-corrected chi connectivity index (χ4v) is 2.17. The summed E-state index contributed by atoms with van der Waals surface area (Å²) in [5, 5.41) is 0. The highest BCUT2D eigenvalue weighted by Crippen LogP contribution is 2.25. The van der Waals surface area contributed by atoms with E-state index in [0.29, 0.717) is 6.61 Å². The van der Waals surface area contributed by atoms with E-state index in [0.717, 1.165) is 27.1 Å². The Morgan fingerprint density at radius 2 is 1.84 bits per heavy atom. The molecule has 19 heavy (non-hydrogen) atoms. The molecule has 0 bridgehead atoms. The van der Waals surface area contributed by atoms with Gasteiger partial charge in [0.1, 0.15) is 18.1 Å². The minimum atomic E-state index is 0.516. The van der Waals surface area contributed by atoms with Crippen LogP contribution in [0.4, 0.5) is 0 Å². The van der Waals surface area contributed by atoms with Crippen LogP contribution in [0.5, 0.6) is 11.5 Å². The predicted molar refractivity (Wildman–Crippen MR) is 80.9 cm³/mol. The van der Waals surface area contributed by atoms with E-state index in [-0.39, 0.29) is 0 Å². The maximum absolute atomic E-state index is 5.90. The van der Waals surface area contributed by atoms with E-state index in [2.05, 4.69) is 48.0 Å². The van der Waals surface area contributed by atoms with Gasteiger partial charge in [-0.25, -0.2) is 0 Å². The Balaban J connectivity index is 2.16. The standard InChI is InChI=1S/C16H17BrO2/c1-11-4-5-12(2)16(8-11)19-10-13-9-14(18-3)6-7-15(13)17/h4-9H,10H2,1-3H3. The SMILES string of the molecule is COc1ccc(Br)c(COc2cc(C)ccc2C)c1. The molecule has 0 radical (unpaired) electrons. The number of rotatable bonds is 4. The molecular weight excluding hydrogens is 304 g/mol. The number of hydrogen-bond donors (Lipinski definition) is 0. The zero-order valence-corrected chi connectivity index (χ0v) is 13.0. The van der Waals surface area contributed by atoms with Crippen molar-refractivity contribution in [3.63, 3.8) is 0 Å². The van der Waals surface area contributed by atoms with E-state index in [4.69, 9.17) is 9.47 Å². The molecule has 0 N–H and O–H groups in total. The molecule has 0 aliphatic carbocycles. The van der Waals surface area contributed by atoms with Crippen molar-refractivity contribution in [1.82, 2.24) is 0 Å². The van der Waals surface area contributed by atoms with Gasteiger partial charge in [-0.3, -0.25) is 0 Å². The van der Waals surface area contributed by atoms with Gasteiger partial charge in [0.2, 0.25) is 0 Å². The molecule has 0 aromatic heterocycles. The highest BCUT2D eigenvalue weighted by molar-refractivity contribution is 9.10. The van der Waals surface area contributed by atoms with E-state index >= 15 is 0 Å². The Morgan fingerprint density at radius 1 is 1.05 bits per heavy atom. The molecule has 2 nitrogen and oxygen atoms in total. The number of benzene rings is 2. The Hall–Kier alpha value is -1.48. The first-order chi connectivity index (χ1) is 9.10. The van der Waals surface area contributed by atoms with Crippen molar-refractivity contribution in [2.24, 2.45) is 0 Å². The van der Waals surface area contributed by atoms with Gasteiger partial charge in [-0.05, 0) is 49.2 Å². The van der Waals surface area contributed by atoms with Crippen molar-refractivity contribution >= 4 is 15.9 Å². The fourth-order valence-electron chi connectivity index (χ4n) is 1.81. The molecule has 0 aliphatic rings. The topological polar surface area (TPSA) is 18.5 Å². The molecule has 2 aromatic carbocycles. The molecule has 0 saturated carbocycles. The largest absolute Gasteiger partial charge is 0.497 e. The Labute approximate surface area is 122 Å². The van der Waals surface area contributed by atoms with Gasteiger partial charge in [-0.2, -0.15) is 0 Å². The lowest BCUT2D eigenvalue weighted by Gasteiger charge is -2.12. The molecule has 100 valence electrons. The second-order valence-corrected chi connectivity index (χ2v) is 5.37. The second-order valence-electron chi connectivity index (χ2n) is 4.51. The van der Waals surface area contributed by atoms with Gasteiger partial charge >= 0.3 is 0 Å². The van der Waals surface area contributed by atoms with E-state index in [1.807, 2.05) is 18.2 Å². The number of aryl methyl sites for hydroxylation is 2. The van der Waals surface area contributed by atoms with Crippen LogP contribution in [0, 0.1) is 13.8 Å². The molecule has 0 fully saturated rings. The van der Waals surface area contributed by atoms with Gasteiger partial charge in [-0.1, -0.05) is 28.1 Å². The van der Waals surface area contributed by atoms with Crippen LogP contribution in [-0.4, -0.2) is 7.11 Å². The van der Waals surface area contributed by atoms with Crippen molar-refractivity contribution in [3.8, 4) is 11.5 Å². The molecule has 0 aliphatic heterocycles. The molecule has 0 unspecified atom stereocenters. The van der Waals surface area contributed by atoms with E-state index in [1.165, 1.54) is 5.56 Å². The van der Waals surface area contributed by atoms with Crippen molar-refractivity contribution in [2.45, 2.75) is 20.5 Å². The molecular formula is C16H17BrO2. The zero-order chi connectivity index (χ0) is 13.8. The summed E-state index contributed by atoms with van der Waals surface area (Å²) in [6.45, 7) is 4.63. The summed E-state index contributed by atoms with van der Waals surface area (Å²) >= 11 is 3.53. The van der Waals surface area contributed by atoms with E-state index in [9.17, 15) is 0 Å². The highest BCUT2D eigenvalue weighted by Gasteiger charge is 2.05. The molecule has 0 saturated heterocycles. The normalized spacial score (nSPS) is 10.3. The lowest BCUT2D eigenvalue weighted by atomic mass is 10.1. The first-order valence-electron chi connectivity index (χ1n) is 6.12. The van der Waals surface area contributed by atoms with Crippen LogP contribution < -0.4 is 9.47 Å². The highest BCUT2D eigenvalue weighted by atomic mass is 79.9. The summed E-state index contributed by atoms with van der Waals surface area (Å²) in [6, 6.07) is 12.1. The van der Waals surface area contributed by atoms with Crippen molar-refractivity contribution in [3.05, 3.63) is 57.6 Å². The van der Waals surface area contributed by atoms with Gasteiger partial charge in [0.25, 0.3) is 0 Å². The van der Waals surface area contributed by atoms with Gasteiger partial charge in [0.05, 0.1) is 7.11 Å². The van der Waals surface area contributed by atoms with E-state index < -0.39 is 0 Å². The molecule has 2 aromatic rings. The fraction of sp³-hybridized carbons (Fsp3) is 0.250. The van der Waals surface area contributed by atoms with Gasteiger partial charge < -0.3 is 9.47 Å². The van der Waals surface area contributed by atoms with Gasteiger partial charge in [0, 0.05) is 10.0 Å². The Bertz CT molecular complexity index is 579. The molecule has 0 heterocycles. The van der Waals surface area contributed by atoms with Crippen LogP contribution in [-0.2, 0) is 6.61 Å². The molecule has 0 spiro atoms. The quantitative estimate of drug-likeness (QED) is 0.816. The minimum absolute atomic E-state index is 0.516. The maximum Gasteiger partial charge on any atom is 0.122 e. The van der Waals surface area contributed by atoms with Crippen LogP contribution in [0.25, 0.3) is 0 Å². The average molecular weight is 321 g/mol. The number of ether oxygens (including phenoxy) is 2. The molecule has 0 amide bonds. The van der Waals surface area contributed by atoms with Crippen molar-refractivity contribution < 1.29 is 9.47 Å². The summed E-state index contributed by atoms with van der Waals surface area (Å²) in [5.41, 5.74) is 3.41. The first kappa shape index (κ1) is 13.9. The summed E-state index contributed by atoms with van der Waals surface area (Å²) in [4.78, 5) is 0. The lowest BCUT2D eigenvalue weighted by Crippen LogP contribution is -1.99. The van der Waals surface area contributed by atoms with Crippen molar-refractivity contribution in [1.29, 1.82) is 0 Å². The monoisotopic (exact) mass is 320 g/mol. The number of methoxy groups -OCH3 is 1. The van der Waals surface area contributed by atoms with E-state index in [1.54, 1.807) is 7.11 Å². The van der Waals surface area contributed by atoms with Gasteiger partial charge in [-0.15, -0.1) is 0 Å². The predicted octanol–water partition coefficient (Wildman–Crippen LogP) is 4.65. The summed E-state index contributed by atoms with van der Waals surface area (Å²) < 4.78 is 12.2. The zero-order valence-electron chi connectivity index (χ0n) is 11.4. The lowest BCUT2D eigenvalue weighted by molar-refractivity contribution is 0.302. The Morgan fingerprint density at radius 3 is 2.58 bits per heavy atom. The molecule has 2 rings (SSSR count). The Kier molecular flexibility index (Phi) is 4.48. The van der Waals surface area contributed by atoms with Crippen LogP contribution in [0.1, 0.15) is 16.7 Å². The molecule has 3 heteroatoms.